The topological polar surface area (TPSA) is 55.8 Å². The first-order valence-corrected chi connectivity index (χ1v) is 20.6. The zero-order valence-electron chi connectivity index (χ0n) is 26.5. The molecule has 40 heavy (non-hydrogen) atoms. The van der Waals surface area contributed by atoms with E-state index < -0.39 is 7.15 Å². The third kappa shape index (κ3) is 32.6. The van der Waals surface area contributed by atoms with Gasteiger partial charge < -0.3 is 42.8 Å². The van der Waals surface area contributed by atoms with E-state index >= 15 is 0 Å². The summed E-state index contributed by atoms with van der Waals surface area (Å²) in [4.78, 5) is 26.8. The Balaban J connectivity index is -0.000000596. The van der Waals surface area contributed by atoms with Crippen LogP contribution in [0.2, 0.25) is 0 Å². The monoisotopic (exact) mass is 873 g/mol. The number of esters is 2. The largest absolute Gasteiger partial charge is 1.00 e. The number of likely N-dealkylation sites (N-methyl/N-ethyl adjacent to an activating group) is 2. The molecular weight excluding hydrogens is 817 g/mol. The fourth-order valence-electron chi connectivity index (χ4n) is 3.33. The minimum Gasteiger partial charge on any atom is -1.00 e. The summed E-state index contributed by atoms with van der Waals surface area (Å²) >= 11 is 2.15. The van der Waals surface area contributed by atoms with Crippen LogP contribution in [0.15, 0.2) is 0 Å². The smallest absolute Gasteiger partial charge is 0.305 e. The van der Waals surface area contributed by atoms with Crippen molar-refractivity contribution in [1.29, 1.82) is 0 Å². The maximum Gasteiger partial charge on any atom is 0.305 e. The SMILES string of the molecule is CI.CN(C)CCOC(=O)CCCC[C@@H]1CCSS1.C[N+](C)(C)CCOC(=O)CCCC[C@@H]1CCSS1.[2H]CF.[I-]. The third-order valence-electron chi connectivity index (χ3n) is 5.60. The average molecular weight is 874 g/mol. The number of quaternary nitrogens is 1. The van der Waals surface area contributed by atoms with Gasteiger partial charge in [0.1, 0.15) is 19.8 Å². The molecule has 0 aromatic heterocycles. The highest BCUT2D eigenvalue weighted by molar-refractivity contribution is 14.1. The van der Waals surface area contributed by atoms with E-state index in [1.165, 1.54) is 37.2 Å². The molecule has 2 aliphatic rings. The van der Waals surface area contributed by atoms with Crippen LogP contribution in [0.4, 0.5) is 4.39 Å². The van der Waals surface area contributed by atoms with Gasteiger partial charge in [0, 0.05) is 41.4 Å². The molecular formula is C27H55FI2N2O4S4. The molecule has 2 saturated heterocycles. The molecule has 0 aromatic rings. The lowest BCUT2D eigenvalue weighted by atomic mass is 10.1. The van der Waals surface area contributed by atoms with Crippen molar-refractivity contribution in [2.45, 2.75) is 74.7 Å². The summed E-state index contributed by atoms with van der Waals surface area (Å²) in [5.74, 6) is 2.52. The second-order valence-electron chi connectivity index (χ2n) is 10.4. The van der Waals surface area contributed by atoms with Crippen molar-refractivity contribution in [2.75, 3.05) is 85.1 Å². The number of nitrogens with zero attached hydrogens (tertiary/aromatic N) is 2. The number of carbonyl (C=O) groups excluding carboxylic acids is 2. The molecule has 0 aliphatic carbocycles. The summed E-state index contributed by atoms with van der Waals surface area (Å²) in [5.41, 5.74) is 0. The van der Waals surface area contributed by atoms with E-state index in [1.807, 2.05) is 67.1 Å². The Morgan fingerprint density at radius 1 is 0.900 bits per heavy atom. The molecule has 2 aliphatic heterocycles. The number of unbranched alkanes of at least 4 members (excludes halogenated alkanes) is 2. The maximum absolute atomic E-state index is 11.5. The van der Waals surface area contributed by atoms with E-state index in [2.05, 4.69) is 43.7 Å². The average Bonchev–Trinajstić information content (AvgIpc) is 3.60. The molecule has 0 spiro atoms. The first kappa shape index (κ1) is 43.8. The number of ether oxygens (including phenoxy) is 2. The van der Waals surface area contributed by atoms with Gasteiger partial charge in [0.05, 0.1) is 29.7 Å². The van der Waals surface area contributed by atoms with Crippen molar-refractivity contribution in [2.24, 2.45) is 0 Å². The zero-order chi connectivity index (χ0) is 30.7. The number of rotatable bonds is 16. The first-order chi connectivity index (χ1) is 19.1. The zero-order valence-corrected chi connectivity index (χ0v) is 33.1. The Morgan fingerprint density at radius 2 is 1.32 bits per heavy atom. The summed E-state index contributed by atoms with van der Waals surface area (Å²) in [5, 5.41) is 1.65. The van der Waals surface area contributed by atoms with Gasteiger partial charge in [-0.2, -0.15) is 0 Å². The molecule has 0 bridgehead atoms. The second kappa shape index (κ2) is 32.1. The minimum absolute atomic E-state index is 0. The van der Waals surface area contributed by atoms with E-state index in [4.69, 9.17) is 10.8 Å². The Morgan fingerprint density at radius 3 is 1.68 bits per heavy atom. The van der Waals surface area contributed by atoms with Crippen LogP contribution in [0.3, 0.4) is 0 Å². The quantitative estimate of drug-likeness (QED) is 0.0562. The lowest BCUT2D eigenvalue weighted by Crippen LogP contribution is -3.00. The van der Waals surface area contributed by atoms with Crippen molar-refractivity contribution < 1.29 is 53.3 Å². The normalized spacial score (nSPS) is 18.1. The van der Waals surface area contributed by atoms with Crippen molar-refractivity contribution in [3.8, 4) is 0 Å². The van der Waals surface area contributed by atoms with Crippen molar-refractivity contribution in [1.82, 2.24) is 4.90 Å². The van der Waals surface area contributed by atoms with Crippen LogP contribution in [0.1, 0.15) is 65.6 Å². The molecule has 0 unspecified atom stereocenters. The van der Waals surface area contributed by atoms with Crippen molar-refractivity contribution in [3.05, 3.63) is 0 Å². The predicted molar refractivity (Wildman–Crippen MR) is 184 cm³/mol. The summed E-state index contributed by atoms with van der Waals surface area (Å²) in [7, 11) is 17.3. The first-order valence-electron chi connectivity index (χ1n) is 14.3. The molecule has 0 saturated carbocycles. The molecule has 2 rings (SSSR count). The van der Waals surface area contributed by atoms with Gasteiger partial charge >= 0.3 is 11.9 Å². The molecule has 6 nitrogen and oxygen atoms in total. The molecule has 0 aromatic carbocycles. The van der Waals surface area contributed by atoms with E-state index in [0.717, 1.165) is 53.8 Å². The van der Waals surface area contributed by atoms with E-state index in [-0.39, 0.29) is 35.9 Å². The lowest BCUT2D eigenvalue weighted by molar-refractivity contribution is -0.870. The van der Waals surface area contributed by atoms with Crippen molar-refractivity contribution in [3.63, 3.8) is 0 Å². The molecule has 2 atom stereocenters. The number of alkyl halides is 2. The van der Waals surface area contributed by atoms with Crippen LogP contribution < -0.4 is 24.0 Å². The minimum atomic E-state index is -1.00. The van der Waals surface area contributed by atoms with Gasteiger partial charge in [-0.25, -0.2) is 0 Å². The number of hydrogen-bond donors (Lipinski definition) is 0. The Hall–Kier alpha value is 1.65. The van der Waals surface area contributed by atoms with E-state index in [9.17, 15) is 14.0 Å². The van der Waals surface area contributed by atoms with Crippen LogP contribution in [0.25, 0.3) is 0 Å². The molecule has 0 amide bonds. The Bertz CT molecular complexity index is 604. The van der Waals surface area contributed by atoms with Crippen LogP contribution in [0, 0.1) is 0 Å². The van der Waals surface area contributed by atoms with Crippen LogP contribution in [-0.2, 0) is 19.1 Å². The van der Waals surface area contributed by atoms with Gasteiger partial charge in [-0.1, -0.05) is 78.6 Å². The summed E-state index contributed by atoms with van der Waals surface area (Å²) in [6.45, 7) is 2.74. The van der Waals surface area contributed by atoms with Crippen LogP contribution in [-0.4, -0.2) is 117 Å². The molecule has 13 heteroatoms. The van der Waals surface area contributed by atoms with Gasteiger partial charge in [0.2, 0.25) is 0 Å². The van der Waals surface area contributed by atoms with Crippen LogP contribution in [0.5, 0.6) is 0 Å². The van der Waals surface area contributed by atoms with Gasteiger partial charge in [-0.05, 0) is 57.6 Å². The Labute approximate surface area is 293 Å². The summed E-state index contributed by atoms with van der Waals surface area (Å²) < 4.78 is 26.7. The second-order valence-corrected chi connectivity index (χ2v) is 16.0. The molecule has 0 N–H and O–H groups in total. The molecule has 2 fully saturated rings. The third-order valence-corrected chi connectivity index (χ3v) is 11.6. The predicted octanol–water partition coefficient (Wildman–Crippen LogP) is 4.40. The number of hydrogen-bond acceptors (Lipinski definition) is 9. The highest BCUT2D eigenvalue weighted by atomic mass is 127. The highest BCUT2D eigenvalue weighted by Gasteiger charge is 2.17. The van der Waals surface area contributed by atoms with Gasteiger partial charge in [0.25, 0.3) is 0 Å². The van der Waals surface area contributed by atoms with Gasteiger partial charge in [-0.3, -0.25) is 14.0 Å². The lowest BCUT2D eigenvalue weighted by Gasteiger charge is -2.23. The fourth-order valence-corrected chi connectivity index (χ4v) is 9.39. The molecule has 2 heterocycles. The number of carbonyl (C=O) groups is 2. The van der Waals surface area contributed by atoms with E-state index in [0.29, 0.717) is 26.1 Å². The standard InChI is InChI=1S/C13H26NO2S2.C12H23NO2S2.CH3F.CH3I.HI/c1-14(2,3)9-10-16-13(15)7-5-4-6-12-8-11-17-18-12;1-13(2)8-9-15-12(14)6-4-3-5-11-7-10-16-17-11;2*1-2;/h12H,4-11H2,1-3H3;11H,3-10H2,1-2H3;2*1H3;1H/q+1;;;;/p-1/t12-;11-;;;/m11.../s1/i;;1D;;. The highest BCUT2D eigenvalue weighted by Crippen LogP contribution is 2.40. The van der Waals surface area contributed by atoms with Crippen LogP contribution >= 0.6 is 65.8 Å². The summed E-state index contributed by atoms with van der Waals surface area (Å²) in [6, 6.07) is 0. The maximum atomic E-state index is 11.5. The van der Waals surface area contributed by atoms with E-state index in [1.54, 1.807) is 0 Å². The number of halogens is 3. The van der Waals surface area contributed by atoms with Gasteiger partial charge in [-0.15, -0.1) is 0 Å². The summed E-state index contributed by atoms with van der Waals surface area (Å²) in [6.07, 6.45) is 10.6. The molecule has 242 valence electrons. The Kier molecular flexibility index (Phi) is 35.1. The molecule has 0 radical (unpaired) electrons. The van der Waals surface area contributed by atoms with Crippen molar-refractivity contribution >= 4 is 77.7 Å². The fraction of sp³-hybridized carbons (Fsp3) is 0.926. The van der Waals surface area contributed by atoms with Gasteiger partial charge in [0.15, 0.2) is 0 Å².